The number of phenols is 1. The van der Waals surface area contributed by atoms with Crippen LogP contribution in [0, 0.1) is 0 Å². The summed E-state index contributed by atoms with van der Waals surface area (Å²) >= 11 is 0. The molecule has 0 unspecified atom stereocenters. The van der Waals surface area contributed by atoms with Crippen LogP contribution < -0.4 is 9.47 Å². The molecule has 0 amide bonds. The predicted molar refractivity (Wildman–Crippen MR) is 108 cm³/mol. The number of aromatic hydroxyl groups is 1. The molecule has 1 aliphatic heterocycles. The highest BCUT2D eigenvalue weighted by molar-refractivity contribution is 5.57. The zero-order valence-corrected chi connectivity index (χ0v) is 15.7. The molecule has 0 fully saturated rings. The molecule has 29 heavy (non-hydrogen) atoms. The lowest BCUT2D eigenvalue weighted by Crippen LogP contribution is -2.08. The van der Waals surface area contributed by atoms with Gasteiger partial charge in [0.05, 0.1) is 6.54 Å². The fourth-order valence-corrected chi connectivity index (χ4v) is 3.46. The summed E-state index contributed by atoms with van der Waals surface area (Å²) in [5.74, 6) is 3.37. The van der Waals surface area contributed by atoms with Crippen LogP contribution in [0.2, 0.25) is 0 Å². The van der Waals surface area contributed by atoms with Crippen molar-refractivity contribution in [3.63, 3.8) is 0 Å². The highest BCUT2D eigenvalue weighted by atomic mass is 16.7. The quantitative estimate of drug-likeness (QED) is 0.562. The Morgan fingerprint density at radius 3 is 2.45 bits per heavy atom. The van der Waals surface area contributed by atoms with Gasteiger partial charge in [-0.05, 0) is 47.5 Å². The zero-order valence-electron chi connectivity index (χ0n) is 15.7. The summed E-state index contributed by atoms with van der Waals surface area (Å²) in [6, 6.07) is 23.2. The Morgan fingerprint density at radius 1 is 0.828 bits per heavy atom. The lowest BCUT2D eigenvalue weighted by molar-refractivity contribution is 0.174. The molecule has 4 aromatic rings. The maximum atomic E-state index is 9.63. The molecule has 1 aromatic heterocycles. The zero-order chi connectivity index (χ0) is 19.6. The summed E-state index contributed by atoms with van der Waals surface area (Å²) in [6.45, 7) is 0.853. The number of phenolic OH excluding ortho intramolecular Hbond substituents is 1. The van der Waals surface area contributed by atoms with Gasteiger partial charge in [0, 0.05) is 12.0 Å². The van der Waals surface area contributed by atoms with Crippen LogP contribution in [0.3, 0.4) is 0 Å². The van der Waals surface area contributed by atoms with E-state index in [-0.39, 0.29) is 12.5 Å². The topological polar surface area (TPSA) is 69.4 Å². The molecule has 1 aliphatic rings. The van der Waals surface area contributed by atoms with E-state index in [9.17, 15) is 5.11 Å². The maximum absolute atomic E-state index is 9.63. The molecule has 5 rings (SSSR count). The first-order valence-corrected chi connectivity index (χ1v) is 9.40. The number of fused-ring (bicyclic) bond motifs is 1. The second-order valence-corrected chi connectivity index (χ2v) is 6.92. The van der Waals surface area contributed by atoms with Crippen molar-refractivity contribution in [3.05, 3.63) is 89.7 Å². The summed E-state index contributed by atoms with van der Waals surface area (Å²) in [5.41, 5.74) is 3.14. The maximum Gasteiger partial charge on any atom is 0.231 e. The Bertz CT molecular complexity index is 1140. The van der Waals surface area contributed by atoms with E-state index in [4.69, 9.17) is 9.47 Å². The first kappa shape index (κ1) is 17.3. The SMILES string of the molecule is Oc1ccc(-c2nnc(Cc3ccccc3)n2Cc2ccc3c(c2)OCO3)cc1. The smallest absolute Gasteiger partial charge is 0.231 e. The predicted octanol–water partition coefficient (Wildman–Crippen LogP) is 4.02. The van der Waals surface area contributed by atoms with Crippen LogP contribution in [-0.2, 0) is 13.0 Å². The molecule has 0 saturated heterocycles. The number of hydrogen-bond acceptors (Lipinski definition) is 5. The van der Waals surface area contributed by atoms with Crippen molar-refractivity contribution in [2.45, 2.75) is 13.0 Å². The van der Waals surface area contributed by atoms with E-state index in [0.717, 1.165) is 34.3 Å². The van der Waals surface area contributed by atoms with Gasteiger partial charge in [-0.2, -0.15) is 0 Å². The number of nitrogens with zero attached hydrogens (tertiary/aromatic N) is 3. The van der Waals surface area contributed by atoms with E-state index in [1.54, 1.807) is 12.1 Å². The van der Waals surface area contributed by atoms with Crippen molar-refractivity contribution >= 4 is 0 Å². The van der Waals surface area contributed by atoms with E-state index >= 15 is 0 Å². The average Bonchev–Trinajstić information content (AvgIpc) is 3.37. The van der Waals surface area contributed by atoms with E-state index < -0.39 is 0 Å². The molecular formula is C23H19N3O3. The second kappa shape index (κ2) is 7.31. The Labute approximate surface area is 168 Å². The summed E-state index contributed by atoms with van der Waals surface area (Å²) in [7, 11) is 0. The lowest BCUT2D eigenvalue weighted by atomic mass is 10.1. The Hall–Kier alpha value is -3.80. The van der Waals surface area contributed by atoms with Crippen molar-refractivity contribution in [2.24, 2.45) is 0 Å². The first-order chi connectivity index (χ1) is 14.3. The Kier molecular flexibility index (Phi) is 4.37. The summed E-state index contributed by atoms with van der Waals surface area (Å²) in [5, 5.41) is 18.6. The highest BCUT2D eigenvalue weighted by Gasteiger charge is 2.17. The third-order valence-electron chi connectivity index (χ3n) is 4.94. The average molecular weight is 385 g/mol. The molecule has 6 nitrogen and oxygen atoms in total. The van der Waals surface area contributed by atoms with Crippen molar-refractivity contribution in [2.75, 3.05) is 6.79 Å². The van der Waals surface area contributed by atoms with Gasteiger partial charge in [-0.15, -0.1) is 10.2 Å². The second-order valence-electron chi connectivity index (χ2n) is 6.92. The fraction of sp³-hybridized carbons (Fsp3) is 0.130. The normalized spacial score (nSPS) is 12.3. The van der Waals surface area contributed by atoms with E-state index in [2.05, 4.69) is 26.9 Å². The van der Waals surface area contributed by atoms with Gasteiger partial charge in [0.1, 0.15) is 11.6 Å². The molecule has 1 N–H and O–H groups in total. The van der Waals surface area contributed by atoms with Crippen LogP contribution in [-0.4, -0.2) is 26.7 Å². The minimum absolute atomic E-state index is 0.222. The van der Waals surface area contributed by atoms with Gasteiger partial charge in [0.2, 0.25) is 6.79 Å². The van der Waals surface area contributed by atoms with Crippen LogP contribution in [0.25, 0.3) is 11.4 Å². The minimum Gasteiger partial charge on any atom is -0.508 e. The van der Waals surface area contributed by atoms with Gasteiger partial charge < -0.3 is 19.1 Å². The molecular weight excluding hydrogens is 366 g/mol. The number of rotatable bonds is 5. The summed E-state index contributed by atoms with van der Waals surface area (Å²) in [6.07, 6.45) is 0.677. The molecule has 144 valence electrons. The van der Waals surface area contributed by atoms with Crippen molar-refractivity contribution < 1.29 is 14.6 Å². The largest absolute Gasteiger partial charge is 0.508 e. The van der Waals surface area contributed by atoms with Crippen LogP contribution in [0.5, 0.6) is 17.2 Å². The van der Waals surface area contributed by atoms with Crippen LogP contribution in [0.15, 0.2) is 72.8 Å². The Balaban J connectivity index is 1.54. The van der Waals surface area contributed by atoms with Crippen LogP contribution in [0.4, 0.5) is 0 Å². The van der Waals surface area contributed by atoms with Gasteiger partial charge in [-0.1, -0.05) is 36.4 Å². The standard InChI is InChI=1S/C23H19N3O3/c27-19-9-7-18(8-10-19)23-25-24-22(13-16-4-2-1-3-5-16)26(23)14-17-6-11-20-21(12-17)29-15-28-20/h1-12,27H,13-15H2. The van der Waals surface area contributed by atoms with E-state index in [1.807, 2.05) is 48.5 Å². The van der Waals surface area contributed by atoms with Crippen molar-refractivity contribution in [3.8, 4) is 28.6 Å². The van der Waals surface area contributed by atoms with Gasteiger partial charge in [-0.3, -0.25) is 0 Å². The fourth-order valence-electron chi connectivity index (χ4n) is 3.46. The third-order valence-corrected chi connectivity index (χ3v) is 4.94. The van der Waals surface area contributed by atoms with Gasteiger partial charge in [0.15, 0.2) is 17.3 Å². The third kappa shape index (κ3) is 3.52. The minimum atomic E-state index is 0.222. The first-order valence-electron chi connectivity index (χ1n) is 9.40. The van der Waals surface area contributed by atoms with Gasteiger partial charge in [0.25, 0.3) is 0 Å². The monoisotopic (exact) mass is 385 g/mol. The number of benzene rings is 3. The highest BCUT2D eigenvalue weighted by Crippen LogP contribution is 2.33. The summed E-state index contributed by atoms with van der Waals surface area (Å²) in [4.78, 5) is 0. The molecule has 2 heterocycles. The molecule has 0 radical (unpaired) electrons. The number of hydrogen-bond donors (Lipinski definition) is 1. The lowest BCUT2D eigenvalue weighted by Gasteiger charge is -2.12. The molecule has 0 bridgehead atoms. The van der Waals surface area contributed by atoms with Gasteiger partial charge in [-0.25, -0.2) is 0 Å². The molecule has 6 heteroatoms. The molecule has 0 saturated carbocycles. The van der Waals surface area contributed by atoms with Gasteiger partial charge >= 0.3 is 0 Å². The van der Waals surface area contributed by atoms with Crippen LogP contribution >= 0.6 is 0 Å². The molecule has 3 aromatic carbocycles. The van der Waals surface area contributed by atoms with E-state index in [1.165, 1.54) is 5.56 Å². The van der Waals surface area contributed by atoms with Crippen LogP contribution in [0.1, 0.15) is 17.0 Å². The molecule has 0 atom stereocenters. The van der Waals surface area contributed by atoms with E-state index in [0.29, 0.717) is 13.0 Å². The Morgan fingerprint density at radius 2 is 1.62 bits per heavy atom. The number of aromatic nitrogens is 3. The molecule has 0 aliphatic carbocycles. The number of ether oxygens (including phenoxy) is 2. The van der Waals surface area contributed by atoms with Crippen molar-refractivity contribution in [1.82, 2.24) is 14.8 Å². The summed E-state index contributed by atoms with van der Waals surface area (Å²) < 4.78 is 13.0. The molecule has 0 spiro atoms. The van der Waals surface area contributed by atoms with Crippen molar-refractivity contribution in [1.29, 1.82) is 0 Å².